The summed E-state index contributed by atoms with van der Waals surface area (Å²) in [5, 5.41) is 6.31. The van der Waals surface area contributed by atoms with Gasteiger partial charge in [0.05, 0.1) is 0 Å². The number of halogens is 2. The van der Waals surface area contributed by atoms with E-state index < -0.39 is 0 Å². The van der Waals surface area contributed by atoms with Crippen molar-refractivity contribution in [2.75, 3.05) is 13.1 Å². The van der Waals surface area contributed by atoms with Crippen molar-refractivity contribution >= 4 is 18.3 Å². The van der Waals surface area contributed by atoms with E-state index in [9.17, 15) is 9.18 Å². The molecule has 1 atom stereocenters. The smallest absolute Gasteiger partial charge is 0.223 e. The highest BCUT2D eigenvalue weighted by molar-refractivity contribution is 5.85. The second kappa shape index (κ2) is 6.10. The quantitative estimate of drug-likeness (QED) is 0.899. The second-order valence-electron chi connectivity index (χ2n) is 5.71. The molecule has 1 aliphatic carbocycles. The third-order valence-electron chi connectivity index (χ3n) is 4.49. The maximum atomic E-state index is 12.8. The van der Waals surface area contributed by atoms with Crippen LogP contribution in [0.4, 0.5) is 4.39 Å². The first-order valence-corrected chi connectivity index (χ1v) is 6.92. The van der Waals surface area contributed by atoms with E-state index in [1.807, 2.05) is 0 Å². The highest BCUT2D eigenvalue weighted by Gasteiger charge is 2.57. The number of nitrogens with one attached hydrogen (secondary N) is 2. The normalized spacial score (nSPS) is 22.9. The lowest BCUT2D eigenvalue weighted by molar-refractivity contribution is -0.123. The van der Waals surface area contributed by atoms with Gasteiger partial charge in [-0.2, -0.15) is 0 Å². The van der Waals surface area contributed by atoms with Gasteiger partial charge in [-0.05, 0) is 55.5 Å². The average molecular weight is 299 g/mol. The molecule has 1 aromatic carbocycles. The Hall–Kier alpha value is -1.13. The van der Waals surface area contributed by atoms with E-state index in [0.29, 0.717) is 6.54 Å². The van der Waals surface area contributed by atoms with Crippen molar-refractivity contribution in [1.82, 2.24) is 10.6 Å². The molecule has 1 saturated carbocycles. The summed E-state index contributed by atoms with van der Waals surface area (Å²) in [6, 6.07) is 6.27. The number of piperidine rings is 1. The molecular formula is C15H20ClFN2O. The fourth-order valence-corrected chi connectivity index (χ4v) is 3.11. The third-order valence-corrected chi connectivity index (χ3v) is 4.49. The molecule has 0 bridgehead atoms. The number of benzene rings is 1. The van der Waals surface area contributed by atoms with Crippen LogP contribution in [0.3, 0.4) is 0 Å². The summed E-state index contributed by atoms with van der Waals surface area (Å²) < 4.78 is 12.8. The van der Waals surface area contributed by atoms with Crippen LogP contribution in [-0.2, 0) is 11.3 Å². The highest BCUT2D eigenvalue weighted by atomic mass is 35.5. The number of rotatable bonds is 3. The van der Waals surface area contributed by atoms with E-state index in [1.54, 1.807) is 12.1 Å². The van der Waals surface area contributed by atoms with Gasteiger partial charge in [-0.1, -0.05) is 12.1 Å². The molecule has 1 spiro atoms. The Morgan fingerprint density at radius 3 is 2.60 bits per heavy atom. The van der Waals surface area contributed by atoms with Crippen LogP contribution in [0.2, 0.25) is 0 Å². The van der Waals surface area contributed by atoms with Crippen molar-refractivity contribution in [2.24, 2.45) is 11.3 Å². The zero-order valence-corrected chi connectivity index (χ0v) is 12.1. The molecular weight excluding hydrogens is 279 g/mol. The molecule has 1 heterocycles. The van der Waals surface area contributed by atoms with E-state index in [-0.39, 0.29) is 35.5 Å². The van der Waals surface area contributed by atoms with Crippen LogP contribution < -0.4 is 10.6 Å². The summed E-state index contributed by atoms with van der Waals surface area (Å²) in [6.07, 6.45) is 3.26. The molecule has 1 aromatic rings. The van der Waals surface area contributed by atoms with Gasteiger partial charge in [0.25, 0.3) is 0 Å². The maximum Gasteiger partial charge on any atom is 0.223 e. The molecule has 0 aromatic heterocycles. The molecule has 3 rings (SSSR count). The van der Waals surface area contributed by atoms with Gasteiger partial charge in [0.15, 0.2) is 0 Å². The van der Waals surface area contributed by atoms with E-state index in [0.717, 1.165) is 37.9 Å². The monoisotopic (exact) mass is 298 g/mol. The molecule has 2 aliphatic rings. The van der Waals surface area contributed by atoms with Gasteiger partial charge in [0, 0.05) is 12.5 Å². The summed E-state index contributed by atoms with van der Waals surface area (Å²) in [7, 11) is 0. The lowest BCUT2D eigenvalue weighted by Crippen LogP contribution is -2.33. The van der Waals surface area contributed by atoms with Crippen molar-refractivity contribution in [3.8, 4) is 0 Å². The lowest BCUT2D eigenvalue weighted by Gasteiger charge is -2.23. The minimum atomic E-state index is -0.245. The van der Waals surface area contributed by atoms with Gasteiger partial charge >= 0.3 is 0 Å². The highest BCUT2D eigenvalue weighted by Crippen LogP contribution is 2.58. The van der Waals surface area contributed by atoms with Gasteiger partial charge in [-0.3, -0.25) is 4.79 Å². The second-order valence-corrected chi connectivity index (χ2v) is 5.71. The minimum Gasteiger partial charge on any atom is -0.352 e. The Kier molecular flexibility index (Phi) is 4.66. The molecule has 1 aliphatic heterocycles. The molecule has 2 N–H and O–H groups in total. The molecule has 1 amide bonds. The largest absolute Gasteiger partial charge is 0.352 e. The zero-order chi connectivity index (χ0) is 13.3. The Labute approximate surface area is 124 Å². The first-order valence-electron chi connectivity index (χ1n) is 6.92. The van der Waals surface area contributed by atoms with Crippen LogP contribution in [0.15, 0.2) is 24.3 Å². The predicted octanol–water partition coefficient (Wildman–Crippen LogP) is 2.25. The van der Waals surface area contributed by atoms with Gasteiger partial charge in [-0.15, -0.1) is 12.4 Å². The van der Waals surface area contributed by atoms with E-state index in [4.69, 9.17) is 0 Å². The molecule has 2 fully saturated rings. The fraction of sp³-hybridized carbons (Fsp3) is 0.533. The molecule has 5 heteroatoms. The van der Waals surface area contributed by atoms with Crippen LogP contribution in [0.5, 0.6) is 0 Å². The van der Waals surface area contributed by atoms with E-state index in [1.165, 1.54) is 12.1 Å². The Balaban J connectivity index is 0.00000147. The van der Waals surface area contributed by atoms with Crippen molar-refractivity contribution in [3.63, 3.8) is 0 Å². The van der Waals surface area contributed by atoms with Crippen LogP contribution in [0, 0.1) is 17.2 Å². The topological polar surface area (TPSA) is 41.1 Å². The fourth-order valence-electron chi connectivity index (χ4n) is 3.11. The third kappa shape index (κ3) is 3.13. The van der Waals surface area contributed by atoms with Gasteiger partial charge in [0.1, 0.15) is 5.82 Å². The van der Waals surface area contributed by atoms with Crippen LogP contribution in [0.1, 0.15) is 24.8 Å². The molecule has 0 radical (unpaired) electrons. The SMILES string of the molecule is Cl.O=C(NCc1ccc(F)cc1)C1CC12CCNCC2. The van der Waals surface area contributed by atoms with Crippen LogP contribution in [0.25, 0.3) is 0 Å². The van der Waals surface area contributed by atoms with Crippen molar-refractivity contribution in [3.05, 3.63) is 35.6 Å². The summed E-state index contributed by atoms with van der Waals surface area (Å²) in [6.45, 7) is 2.55. The standard InChI is InChI=1S/C15H19FN2O.ClH/c16-12-3-1-11(2-4-12)10-18-14(19)13-9-15(13)5-7-17-8-6-15;/h1-4,13,17H,5-10H2,(H,18,19);1H. The summed E-state index contributed by atoms with van der Waals surface area (Å²) in [5.41, 5.74) is 1.22. The first kappa shape index (κ1) is 15.3. The predicted molar refractivity (Wildman–Crippen MR) is 78.1 cm³/mol. The lowest BCUT2D eigenvalue weighted by atomic mass is 9.92. The molecule has 1 unspecified atom stereocenters. The Morgan fingerprint density at radius 2 is 1.95 bits per heavy atom. The number of carbonyl (C=O) groups is 1. The number of amides is 1. The average Bonchev–Trinajstić information content (AvgIpc) is 3.12. The zero-order valence-electron chi connectivity index (χ0n) is 11.3. The number of hydrogen-bond acceptors (Lipinski definition) is 2. The van der Waals surface area contributed by atoms with Gasteiger partial charge < -0.3 is 10.6 Å². The van der Waals surface area contributed by atoms with Crippen molar-refractivity contribution < 1.29 is 9.18 Å². The maximum absolute atomic E-state index is 12.8. The minimum absolute atomic E-state index is 0. The Morgan fingerprint density at radius 1 is 1.30 bits per heavy atom. The first-order chi connectivity index (χ1) is 9.20. The molecule has 110 valence electrons. The molecule has 3 nitrogen and oxygen atoms in total. The van der Waals surface area contributed by atoms with Gasteiger partial charge in [-0.25, -0.2) is 4.39 Å². The Bertz CT molecular complexity index is 471. The van der Waals surface area contributed by atoms with Crippen LogP contribution >= 0.6 is 12.4 Å². The van der Waals surface area contributed by atoms with E-state index >= 15 is 0 Å². The van der Waals surface area contributed by atoms with E-state index in [2.05, 4.69) is 10.6 Å². The van der Waals surface area contributed by atoms with Crippen molar-refractivity contribution in [1.29, 1.82) is 0 Å². The van der Waals surface area contributed by atoms with Gasteiger partial charge in [0.2, 0.25) is 5.91 Å². The molecule has 20 heavy (non-hydrogen) atoms. The summed E-state index contributed by atoms with van der Waals surface area (Å²) in [4.78, 5) is 12.1. The summed E-state index contributed by atoms with van der Waals surface area (Å²) >= 11 is 0. The summed E-state index contributed by atoms with van der Waals surface area (Å²) in [5.74, 6) is 0.104. The van der Waals surface area contributed by atoms with Crippen LogP contribution in [-0.4, -0.2) is 19.0 Å². The molecule has 1 saturated heterocycles. The number of hydrogen-bond donors (Lipinski definition) is 2. The van der Waals surface area contributed by atoms with Crippen molar-refractivity contribution in [2.45, 2.75) is 25.8 Å². The number of carbonyl (C=O) groups excluding carboxylic acids is 1.